The van der Waals surface area contributed by atoms with E-state index in [0.29, 0.717) is 18.0 Å². The van der Waals surface area contributed by atoms with E-state index in [0.717, 1.165) is 31.6 Å². The molecule has 4 heteroatoms. The van der Waals surface area contributed by atoms with Crippen molar-refractivity contribution in [3.05, 3.63) is 29.8 Å². The second-order valence-electron chi connectivity index (χ2n) is 5.42. The molecule has 0 atom stereocenters. The van der Waals surface area contributed by atoms with Crippen molar-refractivity contribution in [2.24, 2.45) is 5.92 Å². The van der Waals surface area contributed by atoms with E-state index in [4.69, 9.17) is 0 Å². The van der Waals surface area contributed by atoms with E-state index < -0.39 is 0 Å². The Balaban J connectivity index is 1.87. The highest BCUT2D eigenvalue weighted by molar-refractivity contribution is 5.94. The summed E-state index contributed by atoms with van der Waals surface area (Å²) < 4.78 is 0. The summed E-state index contributed by atoms with van der Waals surface area (Å²) in [6.07, 6.45) is 1.45. The van der Waals surface area contributed by atoms with Gasteiger partial charge in [-0.15, -0.1) is 0 Å². The van der Waals surface area contributed by atoms with Gasteiger partial charge in [-0.2, -0.15) is 0 Å². The number of amides is 1. The van der Waals surface area contributed by atoms with Gasteiger partial charge in [-0.1, -0.05) is 0 Å². The summed E-state index contributed by atoms with van der Waals surface area (Å²) in [5.74, 6) is 0.404. The van der Waals surface area contributed by atoms with Crippen LogP contribution in [0.2, 0.25) is 0 Å². The molecule has 0 aliphatic heterocycles. The summed E-state index contributed by atoms with van der Waals surface area (Å²) in [7, 11) is 0. The molecule has 0 saturated heterocycles. The zero-order valence-electron chi connectivity index (χ0n) is 12.3. The van der Waals surface area contributed by atoms with Gasteiger partial charge in [0.15, 0.2) is 0 Å². The van der Waals surface area contributed by atoms with Crippen molar-refractivity contribution < 1.29 is 9.90 Å². The third-order valence-corrected chi connectivity index (χ3v) is 4.02. The number of nitrogens with zero attached hydrogens (tertiary/aromatic N) is 1. The van der Waals surface area contributed by atoms with Crippen LogP contribution < -0.4 is 10.2 Å². The van der Waals surface area contributed by atoms with Crippen LogP contribution in [-0.2, 0) is 0 Å². The van der Waals surface area contributed by atoms with Crippen LogP contribution in [0.4, 0.5) is 5.69 Å². The molecule has 0 radical (unpaired) electrons. The highest BCUT2D eigenvalue weighted by Crippen LogP contribution is 2.26. The Kier molecular flexibility index (Phi) is 5.01. The predicted octanol–water partition coefficient (Wildman–Crippen LogP) is 2.03. The summed E-state index contributed by atoms with van der Waals surface area (Å²) in [5.41, 5.74) is 1.84. The molecule has 1 aromatic rings. The first-order chi connectivity index (χ1) is 9.63. The lowest BCUT2D eigenvalue weighted by atomic mass is 9.82. The highest BCUT2D eigenvalue weighted by Gasteiger charge is 2.27. The van der Waals surface area contributed by atoms with E-state index in [1.807, 2.05) is 24.3 Å². The third-order valence-electron chi connectivity index (χ3n) is 4.02. The molecule has 2 rings (SSSR count). The van der Waals surface area contributed by atoms with Crippen molar-refractivity contribution in [3.63, 3.8) is 0 Å². The number of hydrogen-bond acceptors (Lipinski definition) is 3. The average Bonchev–Trinajstić information content (AvgIpc) is 2.44. The van der Waals surface area contributed by atoms with Gasteiger partial charge < -0.3 is 15.3 Å². The molecule has 1 fully saturated rings. The zero-order chi connectivity index (χ0) is 14.5. The smallest absolute Gasteiger partial charge is 0.251 e. The second-order valence-corrected chi connectivity index (χ2v) is 5.42. The lowest BCUT2D eigenvalue weighted by molar-refractivity contribution is 0.0420. The van der Waals surface area contributed by atoms with Crippen LogP contribution in [0, 0.1) is 5.92 Å². The van der Waals surface area contributed by atoms with Crippen LogP contribution in [-0.4, -0.2) is 36.8 Å². The molecule has 0 heterocycles. The Bertz CT molecular complexity index is 434. The minimum Gasteiger partial charge on any atom is -0.393 e. The molecule has 1 aromatic carbocycles. The van der Waals surface area contributed by atoms with Gasteiger partial charge in [-0.3, -0.25) is 4.79 Å². The van der Waals surface area contributed by atoms with Gasteiger partial charge in [-0.05, 0) is 56.9 Å². The Labute approximate surface area is 120 Å². The van der Waals surface area contributed by atoms with Crippen molar-refractivity contribution in [2.45, 2.75) is 32.8 Å². The molecular formula is C16H24N2O2. The highest BCUT2D eigenvalue weighted by atomic mass is 16.3. The van der Waals surface area contributed by atoms with Crippen LogP contribution in [0.1, 0.15) is 37.0 Å². The lowest BCUT2D eigenvalue weighted by Crippen LogP contribution is -2.38. The van der Waals surface area contributed by atoms with Crippen LogP contribution in [0.25, 0.3) is 0 Å². The first-order valence-corrected chi connectivity index (χ1v) is 7.45. The standard InChI is InChI=1S/C16H24N2O2/c1-3-18(4-2)14-7-5-13(6-8-14)16(20)17-11-12-9-15(19)10-12/h5-8,12,15,19H,3-4,9-11H2,1-2H3,(H,17,20). The minimum atomic E-state index is -0.162. The molecule has 1 saturated carbocycles. The number of nitrogens with one attached hydrogen (secondary N) is 1. The molecule has 1 amide bonds. The van der Waals surface area contributed by atoms with E-state index in [-0.39, 0.29) is 12.0 Å². The Morgan fingerprint density at radius 1 is 1.25 bits per heavy atom. The molecule has 20 heavy (non-hydrogen) atoms. The fourth-order valence-electron chi connectivity index (χ4n) is 2.62. The molecule has 0 aromatic heterocycles. The lowest BCUT2D eigenvalue weighted by Gasteiger charge is -2.31. The summed E-state index contributed by atoms with van der Waals surface area (Å²) >= 11 is 0. The average molecular weight is 276 g/mol. The molecule has 110 valence electrons. The van der Waals surface area contributed by atoms with Gasteiger partial charge in [-0.25, -0.2) is 0 Å². The fraction of sp³-hybridized carbons (Fsp3) is 0.562. The Hall–Kier alpha value is -1.55. The quantitative estimate of drug-likeness (QED) is 0.836. The van der Waals surface area contributed by atoms with Crippen LogP contribution in [0.5, 0.6) is 0 Å². The van der Waals surface area contributed by atoms with Crippen molar-refractivity contribution in [2.75, 3.05) is 24.5 Å². The van der Waals surface area contributed by atoms with E-state index in [1.54, 1.807) is 0 Å². The van der Waals surface area contributed by atoms with E-state index in [2.05, 4.69) is 24.1 Å². The maximum Gasteiger partial charge on any atom is 0.251 e. The Morgan fingerprint density at radius 3 is 2.35 bits per heavy atom. The summed E-state index contributed by atoms with van der Waals surface area (Å²) in [6, 6.07) is 7.74. The van der Waals surface area contributed by atoms with Crippen molar-refractivity contribution in [1.29, 1.82) is 0 Å². The van der Waals surface area contributed by atoms with Crippen LogP contribution in [0.15, 0.2) is 24.3 Å². The number of aliphatic hydroxyl groups excluding tert-OH is 1. The van der Waals surface area contributed by atoms with Crippen molar-refractivity contribution in [1.82, 2.24) is 5.32 Å². The number of hydrogen-bond donors (Lipinski definition) is 2. The maximum atomic E-state index is 12.0. The van der Waals surface area contributed by atoms with E-state index in [1.165, 1.54) is 0 Å². The molecule has 0 spiro atoms. The van der Waals surface area contributed by atoms with E-state index >= 15 is 0 Å². The van der Waals surface area contributed by atoms with Crippen LogP contribution >= 0.6 is 0 Å². The SMILES string of the molecule is CCN(CC)c1ccc(C(=O)NCC2CC(O)C2)cc1. The molecule has 0 bridgehead atoms. The Morgan fingerprint density at radius 2 is 1.85 bits per heavy atom. The zero-order valence-corrected chi connectivity index (χ0v) is 12.3. The number of carbonyl (C=O) groups is 1. The third kappa shape index (κ3) is 3.51. The largest absolute Gasteiger partial charge is 0.393 e. The molecule has 1 aliphatic rings. The molecule has 2 N–H and O–H groups in total. The molecule has 1 aliphatic carbocycles. The fourth-order valence-corrected chi connectivity index (χ4v) is 2.62. The van der Waals surface area contributed by atoms with Gasteiger partial charge in [0.2, 0.25) is 0 Å². The maximum absolute atomic E-state index is 12.0. The number of anilines is 1. The monoisotopic (exact) mass is 276 g/mol. The van der Waals surface area contributed by atoms with Gasteiger partial charge in [0.1, 0.15) is 0 Å². The predicted molar refractivity (Wildman–Crippen MR) is 81.1 cm³/mol. The first-order valence-electron chi connectivity index (χ1n) is 7.45. The summed E-state index contributed by atoms with van der Waals surface area (Å²) in [4.78, 5) is 14.3. The summed E-state index contributed by atoms with van der Waals surface area (Å²) in [6.45, 7) is 6.83. The van der Waals surface area contributed by atoms with Crippen molar-refractivity contribution in [3.8, 4) is 0 Å². The van der Waals surface area contributed by atoms with Crippen molar-refractivity contribution >= 4 is 11.6 Å². The topological polar surface area (TPSA) is 52.6 Å². The molecule has 4 nitrogen and oxygen atoms in total. The van der Waals surface area contributed by atoms with Gasteiger partial charge in [0.05, 0.1) is 6.10 Å². The number of aliphatic hydroxyl groups is 1. The normalized spacial score (nSPS) is 21.1. The second kappa shape index (κ2) is 6.75. The van der Waals surface area contributed by atoms with Gasteiger partial charge in [0.25, 0.3) is 5.91 Å². The molecule has 0 unspecified atom stereocenters. The van der Waals surface area contributed by atoms with E-state index in [9.17, 15) is 9.90 Å². The number of benzene rings is 1. The van der Waals surface area contributed by atoms with Crippen LogP contribution in [0.3, 0.4) is 0 Å². The van der Waals surface area contributed by atoms with Gasteiger partial charge >= 0.3 is 0 Å². The first kappa shape index (κ1) is 14.9. The number of rotatable bonds is 6. The minimum absolute atomic E-state index is 0.0301. The molecular weight excluding hydrogens is 252 g/mol. The summed E-state index contributed by atoms with van der Waals surface area (Å²) in [5, 5.41) is 12.1. The number of carbonyl (C=O) groups excluding carboxylic acids is 1. The van der Waals surface area contributed by atoms with Gasteiger partial charge in [0, 0.05) is 30.9 Å².